The van der Waals surface area contributed by atoms with Gasteiger partial charge in [0.15, 0.2) is 0 Å². The molecule has 0 radical (unpaired) electrons. The minimum absolute atomic E-state index is 0.210. The van der Waals surface area contributed by atoms with E-state index in [9.17, 15) is 9.90 Å². The van der Waals surface area contributed by atoms with Gasteiger partial charge in [-0.25, -0.2) is 0 Å². The van der Waals surface area contributed by atoms with Crippen LogP contribution in [-0.4, -0.2) is 55.2 Å². The van der Waals surface area contributed by atoms with Crippen LogP contribution in [0.25, 0.3) is 0 Å². The Morgan fingerprint density at radius 2 is 1.64 bits per heavy atom. The monoisotopic (exact) mass is 337 g/mol. The largest absolute Gasteiger partial charge is 0.508 e. The van der Waals surface area contributed by atoms with Crippen molar-refractivity contribution in [3.8, 4) is 5.75 Å². The molecule has 1 fully saturated rings. The van der Waals surface area contributed by atoms with Crippen LogP contribution in [0.1, 0.15) is 5.56 Å². The maximum absolute atomic E-state index is 12.7. The highest BCUT2D eigenvalue weighted by Crippen LogP contribution is 2.27. The van der Waals surface area contributed by atoms with E-state index in [4.69, 9.17) is 0 Å². The van der Waals surface area contributed by atoms with Gasteiger partial charge >= 0.3 is 0 Å². The minimum Gasteiger partial charge on any atom is -0.508 e. The summed E-state index contributed by atoms with van der Waals surface area (Å²) in [6, 6.07) is 15.6. The second-order valence-electron chi connectivity index (χ2n) is 6.68. The van der Waals surface area contributed by atoms with Gasteiger partial charge in [0.1, 0.15) is 5.75 Å². The number of amides is 1. The third-order valence-electron chi connectivity index (χ3n) is 5.16. The van der Waals surface area contributed by atoms with Crippen LogP contribution in [-0.2, 0) is 11.2 Å². The summed E-state index contributed by atoms with van der Waals surface area (Å²) in [6.07, 6.45) is 1.03. The van der Waals surface area contributed by atoms with E-state index >= 15 is 0 Å². The first kappa shape index (κ1) is 15.8. The van der Waals surface area contributed by atoms with Gasteiger partial charge in [-0.3, -0.25) is 4.79 Å². The lowest BCUT2D eigenvalue weighted by Gasteiger charge is -2.37. The van der Waals surface area contributed by atoms with Crippen LogP contribution in [0.2, 0.25) is 0 Å². The van der Waals surface area contributed by atoms with Crippen LogP contribution >= 0.6 is 0 Å². The zero-order chi connectivity index (χ0) is 17.2. The zero-order valence-electron chi connectivity index (χ0n) is 14.3. The molecule has 0 bridgehead atoms. The fourth-order valence-corrected chi connectivity index (χ4v) is 3.71. The summed E-state index contributed by atoms with van der Waals surface area (Å²) in [6.45, 7) is 4.54. The summed E-state index contributed by atoms with van der Waals surface area (Å²) >= 11 is 0. The van der Waals surface area contributed by atoms with E-state index in [1.165, 1.54) is 11.3 Å². The molecule has 0 saturated carbocycles. The Kier molecular flexibility index (Phi) is 4.22. The number of rotatable bonds is 3. The molecule has 2 heterocycles. The second kappa shape index (κ2) is 6.67. The van der Waals surface area contributed by atoms with Crippen molar-refractivity contribution in [2.24, 2.45) is 0 Å². The lowest BCUT2D eigenvalue weighted by molar-refractivity contribution is -0.130. The van der Waals surface area contributed by atoms with Crippen molar-refractivity contribution < 1.29 is 9.90 Å². The summed E-state index contributed by atoms with van der Waals surface area (Å²) in [5, 5.41) is 9.40. The molecule has 1 saturated heterocycles. The number of para-hydroxylation sites is 1. The molecule has 2 aromatic carbocycles. The molecule has 5 nitrogen and oxygen atoms in total. The molecule has 2 aliphatic rings. The van der Waals surface area contributed by atoms with Gasteiger partial charge in [0, 0.05) is 44.1 Å². The topological polar surface area (TPSA) is 47.0 Å². The van der Waals surface area contributed by atoms with Gasteiger partial charge in [-0.15, -0.1) is 0 Å². The quantitative estimate of drug-likeness (QED) is 0.932. The summed E-state index contributed by atoms with van der Waals surface area (Å²) in [7, 11) is 0. The van der Waals surface area contributed by atoms with Gasteiger partial charge < -0.3 is 19.8 Å². The number of aromatic hydroxyl groups is 1. The normalized spacial score (nSPS) is 16.9. The number of phenolic OH excluding ortho intramolecular Hbond substituents is 1. The van der Waals surface area contributed by atoms with Crippen LogP contribution in [0.5, 0.6) is 5.75 Å². The Balaban J connectivity index is 1.33. The number of phenols is 1. The second-order valence-corrected chi connectivity index (χ2v) is 6.68. The van der Waals surface area contributed by atoms with E-state index in [0.717, 1.165) is 44.8 Å². The first-order valence-corrected chi connectivity index (χ1v) is 8.85. The van der Waals surface area contributed by atoms with Crippen LogP contribution in [0, 0.1) is 0 Å². The van der Waals surface area contributed by atoms with E-state index in [-0.39, 0.29) is 11.7 Å². The van der Waals surface area contributed by atoms with E-state index in [1.54, 1.807) is 12.1 Å². The Bertz CT molecular complexity index is 752. The number of piperazine rings is 1. The minimum atomic E-state index is 0.210. The highest BCUT2D eigenvalue weighted by atomic mass is 16.3. The lowest BCUT2D eigenvalue weighted by atomic mass is 10.2. The van der Waals surface area contributed by atoms with Gasteiger partial charge in [0.2, 0.25) is 5.91 Å². The molecule has 4 rings (SSSR count). The number of hydrogen-bond acceptors (Lipinski definition) is 4. The third-order valence-corrected chi connectivity index (χ3v) is 5.16. The SMILES string of the molecule is O=C(CN1CCc2ccccc21)N1CCN(c2ccc(O)cc2)CC1. The highest BCUT2D eigenvalue weighted by molar-refractivity contribution is 5.82. The van der Waals surface area contributed by atoms with Crippen molar-refractivity contribution in [1.29, 1.82) is 0 Å². The van der Waals surface area contributed by atoms with Crippen molar-refractivity contribution in [3.05, 3.63) is 54.1 Å². The predicted octanol–water partition coefficient (Wildman–Crippen LogP) is 2.10. The van der Waals surface area contributed by atoms with Gasteiger partial charge in [-0.2, -0.15) is 0 Å². The van der Waals surface area contributed by atoms with E-state index < -0.39 is 0 Å². The molecule has 2 aromatic rings. The van der Waals surface area contributed by atoms with Gasteiger partial charge in [0.05, 0.1) is 6.54 Å². The maximum atomic E-state index is 12.7. The number of carbonyl (C=O) groups excluding carboxylic acids is 1. The van der Waals surface area contributed by atoms with Gasteiger partial charge in [-0.1, -0.05) is 18.2 Å². The Hall–Kier alpha value is -2.69. The van der Waals surface area contributed by atoms with Crippen molar-refractivity contribution in [3.63, 3.8) is 0 Å². The van der Waals surface area contributed by atoms with E-state index in [0.29, 0.717) is 6.54 Å². The van der Waals surface area contributed by atoms with E-state index in [2.05, 4.69) is 28.0 Å². The van der Waals surface area contributed by atoms with Crippen molar-refractivity contribution in [2.45, 2.75) is 6.42 Å². The molecule has 0 atom stereocenters. The summed E-state index contributed by atoms with van der Waals surface area (Å²) in [5.41, 5.74) is 3.64. The summed E-state index contributed by atoms with van der Waals surface area (Å²) in [4.78, 5) is 19.1. The zero-order valence-corrected chi connectivity index (χ0v) is 14.3. The predicted molar refractivity (Wildman–Crippen MR) is 99.3 cm³/mol. The molecule has 130 valence electrons. The number of hydrogen-bond donors (Lipinski definition) is 1. The number of carbonyl (C=O) groups is 1. The fraction of sp³-hybridized carbons (Fsp3) is 0.350. The van der Waals surface area contributed by atoms with Gasteiger partial charge in [-0.05, 0) is 42.3 Å². The summed E-state index contributed by atoms with van der Waals surface area (Å²) in [5.74, 6) is 0.491. The molecule has 2 aliphatic heterocycles. The van der Waals surface area contributed by atoms with Crippen molar-refractivity contribution >= 4 is 17.3 Å². The molecular weight excluding hydrogens is 314 g/mol. The first-order valence-electron chi connectivity index (χ1n) is 8.85. The molecular formula is C20H23N3O2. The standard InChI is InChI=1S/C20H23N3O2/c24-18-7-5-17(6-8-18)21-11-13-22(14-12-21)20(25)15-23-10-9-16-3-1-2-4-19(16)23/h1-8,24H,9-15H2. The Labute approximate surface area is 148 Å². The van der Waals surface area contributed by atoms with Crippen LogP contribution in [0.3, 0.4) is 0 Å². The van der Waals surface area contributed by atoms with E-state index in [1.807, 2.05) is 23.1 Å². The number of anilines is 2. The molecule has 1 N–H and O–H groups in total. The molecule has 25 heavy (non-hydrogen) atoms. The fourth-order valence-electron chi connectivity index (χ4n) is 3.71. The molecule has 0 aromatic heterocycles. The maximum Gasteiger partial charge on any atom is 0.242 e. The molecule has 0 aliphatic carbocycles. The number of fused-ring (bicyclic) bond motifs is 1. The average Bonchev–Trinajstić information content (AvgIpc) is 3.06. The molecule has 0 spiro atoms. The third kappa shape index (κ3) is 3.27. The first-order chi connectivity index (χ1) is 12.2. The van der Waals surface area contributed by atoms with Crippen molar-refractivity contribution in [2.75, 3.05) is 49.1 Å². The lowest BCUT2D eigenvalue weighted by Crippen LogP contribution is -2.51. The van der Waals surface area contributed by atoms with Crippen molar-refractivity contribution in [1.82, 2.24) is 4.90 Å². The molecule has 0 unspecified atom stereocenters. The Morgan fingerprint density at radius 1 is 0.920 bits per heavy atom. The average molecular weight is 337 g/mol. The molecule has 5 heteroatoms. The highest BCUT2D eigenvalue weighted by Gasteiger charge is 2.25. The number of benzene rings is 2. The smallest absolute Gasteiger partial charge is 0.242 e. The van der Waals surface area contributed by atoms with Crippen LogP contribution in [0.15, 0.2) is 48.5 Å². The molecule has 1 amide bonds. The number of nitrogens with zero attached hydrogens (tertiary/aromatic N) is 3. The van der Waals surface area contributed by atoms with Crippen LogP contribution in [0.4, 0.5) is 11.4 Å². The van der Waals surface area contributed by atoms with Crippen LogP contribution < -0.4 is 9.80 Å². The summed E-state index contributed by atoms with van der Waals surface area (Å²) < 4.78 is 0. The van der Waals surface area contributed by atoms with Gasteiger partial charge in [0.25, 0.3) is 0 Å². The Morgan fingerprint density at radius 3 is 2.40 bits per heavy atom.